The lowest BCUT2D eigenvalue weighted by Gasteiger charge is -2.22. The minimum atomic E-state index is -0.444. The molecule has 3 heterocycles. The summed E-state index contributed by atoms with van der Waals surface area (Å²) >= 11 is 0. The zero-order valence-corrected chi connectivity index (χ0v) is 15.6. The minimum Gasteiger partial charge on any atom is -0.490 e. The second-order valence-electron chi connectivity index (χ2n) is 7.01. The fourth-order valence-electron chi connectivity index (χ4n) is 3.52. The van der Waals surface area contributed by atoms with Crippen molar-refractivity contribution in [1.82, 2.24) is 9.78 Å². The van der Waals surface area contributed by atoms with Crippen molar-refractivity contribution < 1.29 is 14.3 Å². The average molecular weight is 384 g/mol. The summed E-state index contributed by atoms with van der Waals surface area (Å²) in [6.45, 7) is 2.60. The Morgan fingerprint density at radius 2 is 2.11 bits per heavy atom. The first-order valence-electron chi connectivity index (χ1n) is 9.41. The van der Waals surface area contributed by atoms with Crippen molar-refractivity contribution in [3.05, 3.63) is 35.7 Å². The molecule has 148 valence electrons. The largest absolute Gasteiger partial charge is 0.490 e. The Morgan fingerprint density at radius 1 is 1.29 bits per heavy atom. The molecule has 0 spiro atoms. The summed E-state index contributed by atoms with van der Waals surface area (Å²) in [7, 11) is 0. The van der Waals surface area contributed by atoms with Crippen molar-refractivity contribution in [3.63, 3.8) is 0 Å². The Labute approximate surface area is 162 Å². The molecule has 5 N–H and O–H groups in total. The van der Waals surface area contributed by atoms with E-state index in [4.69, 9.17) is 20.9 Å². The number of aryl methyl sites for hydroxylation is 1. The molecule has 1 amide bonds. The Bertz CT molecular complexity index is 907. The number of nitrogens with two attached hydrogens (primary N) is 2. The second-order valence-corrected chi connectivity index (χ2v) is 7.01. The lowest BCUT2D eigenvalue weighted by Crippen LogP contribution is -2.27. The second kappa shape index (κ2) is 7.79. The average Bonchev–Trinajstić information content (AvgIpc) is 2.97. The van der Waals surface area contributed by atoms with Gasteiger partial charge in [-0.05, 0) is 30.9 Å². The van der Waals surface area contributed by atoms with Crippen molar-refractivity contribution in [2.45, 2.75) is 25.8 Å². The normalized spacial score (nSPS) is 18.9. The molecule has 2 aliphatic rings. The molecule has 2 aromatic rings. The number of aromatic nitrogens is 2. The van der Waals surface area contributed by atoms with Crippen molar-refractivity contribution in [2.75, 3.05) is 25.1 Å². The standard InChI is InChI=1S/C19H24N6O3/c20-18(26)14-11-23-25-5-4-12(8-15(14)25)10-22-19(21)24-13-2-3-16-17(9-13)28-7-1-6-27-16/h2-3,9,11-12H,1,4-8,10H2,(H2,20,26)(H3,21,22,24). The van der Waals surface area contributed by atoms with Gasteiger partial charge in [-0.25, -0.2) is 0 Å². The molecule has 0 saturated heterocycles. The van der Waals surface area contributed by atoms with E-state index < -0.39 is 5.91 Å². The third-order valence-corrected chi connectivity index (χ3v) is 4.99. The molecule has 1 atom stereocenters. The van der Waals surface area contributed by atoms with Gasteiger partial charge in [-0.1, -0.05) is 0 Å². The highest BCUT2D eigenvalue weighted by molar-refractivity contribution is 5.94. The minimum absolute atomic E-state index is 0.284. The number of nitrogens with one attached hydrogen (secondary N) is 1. The van der Waals surface area contributed by atoms with E-state index in [1.54, 1.807) is 6.20 Å². The molecule has 9 heteroatoms. The topological polar surface area (TPSA) is 130 Å². The van der Waals surface area contributed by atoms with Gasteiger partial charge in [-0.2, -0.15) is 5.10 Å². The van der Waals surface area contributed by atoms with E-state index in [-0.39, 0.29) is 5.92 Å². The van der Waals surface area contributed by atoms with E-state index in [0.29, 0.717) is 43.5 Å². The molecule has 1 unspecified atom stereocenters. The predicted octanol–water partition coefficient (Wildman–Crippen LogP) is 1.13. The Hall–Kier alpha value is -3.23. The van der Waals surface area contributed by atoms with Gasteiger partial charge in [0.15, 0.2) is 17.5 Å². The number of hydrogen-bond acceptors (Lipinski definition) is 5. The molecule has 2 aliphatic heterocycles. The monoisotopic (exact) mass is 384 g/mol. The van der Waals surface area contributed by atoms with Crippen molar-refractivity contribution in [3.8, 4) is 11.5 Å². The Kier molecular flexibility index (Phi) is 5.05. The fourth-order valence-corrected chi connectivity index (χ4v) is 3.52. The number of nitrogens with zero attached hydrogens (tertiary/aromatic N) is 3. The maximum Gasteiger partial charge on any atom is 0.252 e. The van der Waals surface area contributed by atoms with Crippen LogP contribution in [-0.4, -0.2) is 41.4 Å². The van der Waals surface area contributed by atoms with Gasteiger partial charge in [-0.3, -0.25) is 14.5 Å². The highest BCUT2D eigenvalue weighted by Gasteiger charge is 2.24. The summed E-state index contributed by atoms with van der Waals surface area (Å²) in [5.41, 5.74) is 13.7. The van der Waals surface area contributed by atoms with Crippen LogP contribution < -0.4 is 26.3 Å². The number of anilines is 1. The Morgan fingerprint density at radius 3 is 2.93 bits per heavy atom. The van der Waals surface area contributed by atoms with Gasteiger partial charge >= 0.3 is 0 Å². The van der Waals surface area contributed by atoms with Crippen LogP contribution in [0, 0.1) is 5.92 Å². The van der Waals surface area contributed by atoms with Crippen LogP contribution in [0.25, 0.3) is 0 Å². The van der Waals surface area contributed by atoms with Crippen LogP contribution in [0.4, 0.5) is 5.69 Å². The van der Waals surface area contributed by atoms with E-state index in [0.717, 1.165) is 36.5 Å². The number of carbonyl (C=O) groups excluding carboxylic acids is 1. The molecular formula is C19H24N6O3. The number of amides is 1. The highest BCUT2D eigenvalue weighted by Crippen LogP contribution is 2.32. The van der Waals surface area contributed by atoms with Crippen LogP contribution in [-0.2, 0) is 13.0 Å². The molecule has 9 nitrogen and oxygen atoms in total. The first-order chi connectivity index (χ1) is 13.6. The number of rotatable bonds is 4. The SMILES string of the molecule is NC(=O)c1cnn2c1CC(CN=C(N)Nc1ccc3c(c1)OCCCO3)CC2. The summed E-state index contributed by atoms with van der Waals surface area (Å²) in [5, 5.41) is 7.32. The van der Waals surface area contributed by atoms with Gasteiger partial charge in [0.2, 0.25) is 0 Å². The van der Waals surface area contributed by atoms with E-state index in [2.05, 4.69) is 15.4 Å². The van der Waals surface area contributed by atoms with Gasteiger partial charge in [0, 0.05) is 31.3 Å². The highest BCUT2D eigenvalue weighted by atomic mass is 16.5. The van der Waals surface area contributed by atoms with E-state index >= 15 is 0 Å². The van der Waals surface area contributed by atoms with Gasteiger partial charge in [0.25, 0.3) is 5.91 Å². The van der Waals surface area contributed by atoms with Crippen LogP contribution in [0.15, 0.2) is 29.4 Å². The maximum atomic E-state index is 11.5. The molecule has 28 heavy (non-hydrogen) atoms. The van der Waals surface area contributed by atoms with E-state index in [1.807, 2.05) is 22.9 Å². The van der Waals surface area contributed by atoms with Crippen molar-refractivity contribution in [2.24, 2.45) is 22.4 Å². The lowest BCUT2D eigenvalue weighted by atomic mass is 9.94. The van der Waals surface area contributed by atoms with Crippen molar-refractivity contribution in [1.29, 1.82) is 0 Å². The molecule has 0 fully saturated rings. The quantitative estimate of drug-likeness (QED) is 0.535. The molecule has 4 rings (SSSR count). The molecule has 0 radical (unpaired) electrons. The zero-order valence-electron chi connectivity index (χ0n) is 15.6. The third-order valence-electron chi connectivity index (χ3n) is 4.99. The lowest BCUT2D eigenvalue weighted by molar-refractivity contribution is 0.0998. The van der Waals surface area contributed by atoms with Crippen LogP contribution in [0.5, 0.6) is 11.5 Å². The van der Waals surface area contributed by atoms with Crippen LogP contribution >= 0.6 is 0 Å². The molecule has 1 aromatic heterocycles. The number of primary amides is 1. The third kappa shape index (κ3) is 3.88. The van der Waals surface area contributed by atoms with E-state index in [9.17, 15) is 4.79 Å². The summed E-state index contributed by atoms with van der Waals surface area (Å²) in [4.78, 5) is 16.0. The maximum absolute atomic E-state index is 11.5. The number of benzene rings is 1. The van der Waals surface area contributed by atoms with Crippen molar-refractivity contribution >= 4 is 17.6 Å². The summed E-state index contributed by atoms with van der Waals surface area (Å²) in [5.74, 6) is 1.62. The summed E-state index contributed by atoms with van der Waals surface area (Å²) < 4.78 is 13.2. The zero-order chi connectivity index (χ0) is 19.5. The van der Waals surface area contributed by atoms with Gasteiger partial charge in [0.1, 0.15) is 0 Å². The number of guanidine groups is 1. The van der Waals surface area contributed by atoms with Crippen LogP contribution in [0.3, 0.4) is 0 Å². The van der Waals surface area contributed by atoms with Crippen LogP contribution in [0.1, 0.15) is 28.9 Å². The summed E-state index contributed by atoms with van der Waals surface area (Å²) in [6.07, 6.45) is 4.04. The van der Waals surface area contributed by atoms with Gasteiger partial charge in [-0.15, -0.1) is 0 Å². The smallest absolute Gasteiger partial charge is 0.252 e. The number of aliphatic imine (C=N–C) groups is 1. The predicted molar refractivity (Wildman–Crippen MR) is 105 cm³/mol. The van der Waals surface area contributed by atoms with Gasteiger partial charge < -0.3 is 26.3 Å². The number of fused-ring (bicyclic) bond motifs is 2. The molecule has 0 saturated carbocycles. The number of carbonyl (C=O) groups is 1. The van der Waals surface area contributed by atoms with E-state index in [1.165, 1.54) is 0 Å². The molecule has 0 bridgehead atoms. The first-order valence-corrected chi connectivity index (χ1v) is 9.41. The number of ether oxygens (including phenoxy) is 2. The fraction of sp³-hybridized carbons (Fsp3) is 0.421. The number of hydrogen-bond donors (Lipinski definition) is 3. The first kappa shape index (κ1) is 18.1. The van der Waals surface area contributed by atoms with Crippen LogP contribution in [0.2, 0.25) is 0 Å². The molecule has 1 aromatic carbocycles. The Balaban J connectivity index is 1.38. The summed E-state index contributed by atoms with van der Waals surface area (Å²) in [6, 6.07) is 5.61. The molecule has 0 aliphatic carbocycles. The molecular weight excluding hydrogens is 360 g/mol. The van der Waals surface area contributed by atoms with Gasteiger partial charge in [0.05, 0.1) is 30.7 Å².